The number of carboxylic acids is 1. The Morgan fingerprint density at radius 2 is 1.86 bits per heavy atom. The Bertz CT molecular complexity index is 644. The number of carbonyl (C=O) groups is 1. The van der Waals surface area contributed by atoms with E-state index in [0.717, 1.165) is 6.07 Å². The molecule has 21 heavy (non-hydrogen) atoms. The zero-order chi connectivity index (χ0) is 15.5. The third-order valence-corrected chi connectivity index (χ3v) is 2.26. The van der Waals surface area contributed by atoms with Gasteiger partial charge in [-0.25, -0.2) is 4.79 Å². The Morgan fingerprint density at radius 3 is 2.43 bits per heavy atom. The number of rotatable bonds is 4. The largest absolute Gasteiger partial charge is 0.573 e. The minimum absolute atomic E-state index is 0.0206. The van der Waals surface area contributed by atoms with E-state index >= 15 is 0 Å². The average Bonchev–Trinajstić information content (AvgIpc) is 2.40. The molecule has 0 fully saturated rings. The summed E-state index contributed by atoms with van der Waals surface area (Å²) in [6.45, 7) is 0. The zero-order valence-corrected chi connectivity index (χ0v) is 10.3. The maximum atomic E-state index is 12.3. The minimum Gasteiger partial charge on any atom is -0.476 e. The highest BCUT2D eigenvalue weighted by Crippen LogP contribution is 2.31. The number of hydrogen-bond acceptors (Lipinski definition) is 5. The van der Waals surface area contributed by atoms with Crippen LogP contribution in [0.1, 0.15) is 10.5 Å². The fraction of sp³-hybridized carbons (Fsp3) is 0.0833. The SMILES string of the molecule is O=C(O)c1ccc(Nc2ccccc2OC(F)(F)F)nn1. The molecule has 0 spiro atoms. The third kappa shape index (κ3) is 4.06. The zero-order valence-electron chi connectivity index (χ0n) is 10.3. The molecule has 0 amide bonds. The third-order valence-electron chi connectivity index (χ3n) is 2.26. The molecule has 0 unspecified atom stereocenters. The van der Waals surface area contributed by atoms with Crippen LogP contribution < -0.4 is 10.1 Å². The van der Waals surface area contributed by atoms with Gasteiger partial charge in [-0.2, -0.15) is 0 Å². The van der Waals surface area contributed by atoms with E-state index in [9.17, 15) is 18.0 Å². The van der Waals surface area contributed by atoms with E-state index in [1.165, 1.54) is 30.3 Å². The molecule has 0 aliphatic rings. The van der Waals surface area contributed by atoms with Gasteiger partial charge in [0.25, 0.3) is 0 Å². The molecule has 1 heterocycles. The molecule has 9 heteroatoms. The van der Waals surface area contributed by atoms with E-state index < -0.39 is 18.1 Å². The van der Waals surface area contributed by atoms with E-state index in [-0.39, 0.29) is 17.2 Å². The van der Waals surface area contributed by atoms with E-state index in [1.54, 1.807) is 0 Å². The van der Waals surface area contributed by atoms with Gasteiger partial charge >= 0.3 is 12.3 Å². The number of nitrogens with one attached hydrogen (secondary N) is 1. The summed E-state index contributed by atoms with van der Waals surface area (Å²) in [5.41, 5.74) is -0.257. The summed E-state index contributed by atoms with van der Waals surface area (Å²) in [7, 11) is 0. The molecular weight excluding hydrogens is 291 g/mol. The summed E-state index contributed by atoms with van der Waals surface area (Å²) >= 11 is 0. The van der Waals surface area contributed by atoms with Crippen LogP contribution in [0.4, 0.5) is 24.7 Å². The highest BCUT2D eigenvalue weighted by atomic mass is 19.4. The predicted octanol–water partition coefficient (Wildman–Crippen LogP) is 2.82. The van der Waals surface area contributed by atoms with Crippen molar-refractivity contribution in [3.05, 3.63) is 42.1 Å². The Balaban J connectivity index is 2.21. The summed E-state index contributed by atoms with van der Waals surface area (Å²) in [6.07, 6.45) is -4.82. The minimum atomic E-state index is -4.82. The molecular formula is C12H8F3N3O3. The second-order valence-corrected chi connectivity index (χ2v) is 3.78. The maximum Gasteiger partial charge on any atom is 0.573 e. The Labute approximate surface area is 116 Å². The summed E-state index contributed by atoms with van der Waals surface area (Å²) in [4.78, 5) is 10.6. The van der Waals surface area contributed by atoms with Crippen LogP contribution in [0, 0.1) is 0 Å². The highest BCUT2D eigenvalue weighted by Gasteiger charge is 2.32. The van der Waals surface area contributed by atoms with Gasteiger partial charge in [-0.1, -0.05) is 12.1 Å². The van der Waals surface area contributed by atoms with E-state index in [2.05, 4.69) is 20.3 Å². The smallest absolute Gasteiger partial charge is 0.476 e. The normalized spacial score (nSPS) is 11.0. The Kier molecular flexibility index (Phi) is 3.92. The molecule has 0 aliphatic carbocycles. The summed E-state index contributed by atoms with van der Waals surface area (Å²) in [5.74, 6) is -1.61. The number of alkyl halides is 3. The molecule has 6 nitrogen and oxygen atoms in total. The topological polar surface area (TPSA) is 84.3 Å². The first-order valence-corrected chi connectivity index (χ1v) is 5.54. The molecule has 1 aromatic carbocycles. The fourth-order valence-electron chi connectivity index (χ4n) is 1.43. The van der Waals surface area contributed by atoms with Crippen molar-refractivity contribution in [2.24, 2.45) is 0 Å². The molecule has 0 atom stereocenters. The van der Waals surface area contributed by atoms with Crippen LogP contribution in [-0.2, 0) is 0 Å². The number of anilines is 2. The van der Waals surface area contributed by atoms with Gasteiger partial charge in [0, 0.05) is 0 Å². The van der Waals surface area contributed by atoms with Gasteiger partial charge in [-0.15, -0.1) is 23.4 Å². The van der Waals surface area contributed by atoms with Gasteiger partial charge in [0.1, 0.15) is 0 Å². The Hall–Kier alpha value is -2.84. The van der Waals surface area contributed by atoms with Crippen LogP contribution in [0.15, 0.2) is 36.4 Å². The number of ether oxygens (including phenoxy) is 1. The first-order valence-electron chi connectivity index (χ1n) is 5.54. The monoisotopic (exact) mass is 299 g/mol. The van der Waals surface area contributed by atoms with Crippen molar-refractivity contribution in [2.45, 2.75) is 6.36 Å². The summed E-state index contributed by atoms with van der Waals surface area (Å²) in [6, 6.07) is 7.82. The molecule has 2 rings (SSSR count). The van der Waals surface area contributed by atoms with Gasteiger partial charge in [0.15, 0.2) is 17.3 Å². The number of halogens is 3. The number of aromatic nitrogens is 2. The lowest BCUT2D eigenvalue weighted by atomic mass is 10.3. The molecule has 0 bridgehead atoms. The molecule has 110 valence electrons. The van der Waals surface area contributed by atoms with Crippen molar-refractivity contribution in [1.82, 2.24) is 10.2 Å². The van der Waals surface area contributed by atoms with Crippen LogP contribution in [0.5, 0.6) is 5.75 Å². The quantitative estimate of drug-likeness (QED) is 0.903. The van der Waals surface area contributed by atoms with Crippen molar-refractivity contribution in [2.75, 3.05) is 5.32 Å². The molecule has 0 radical (unpaired) electrons. The number of hydrogen-bond donors (Lipinski definition) is 2. The van der Waals surface area contributed by atoms with Gasteiger partial charge in [-0.3, -0.25) is 0 Å². The standard InChI is InChI=1S/C12H8F3N3O3/c13-12(14,15)21-9-4-2-1-3-7(9)16-10-6-5-8(11(19)20)17-18-10/h1-6H,(H,16,18)(H,19,20). The molecule has 0 aliphatic heterocycles. The molecule has 2 N–H and O–H groups in total. The number of aromatic carboxylic acids is 1. The fourth-order valence-corrected chi connectivity index (χ4v) is 1.43. The van der Waals surface area contributed by atoms with Crippen molar-refractivity contribution in [3.8, 4) is 5.75 Å². The Morgan fingerprint density at radius 1 is 1.14 bits per heavy atom. The summed E-state index contributed by atoms with van der Waals surface area (Å²) in [5, 5.41) is 18.2. The van der Waals surface area contributed by atoms with E-state index in [4.69, 9.17) is 5.11 Å². The first kappa shape index (κ1) is 14.6. The van der Waals surface area contributed by atoms with Gasteiger partial charge in [-0.05, 0) is 24.3 Å². The second kappa shape index (κ2) is 5.65. The van der Waals surface area contributed by atoms with Gasteiger partial charge < -0.3 is 15.2 Å². The lowest BCUT2D eigenvalue weighted by molar-refractivity contribution is -0.274. The first-order chi connectivity index (χ1) is 9.85. The lowest BCUT2D eigenvalue weighted by Crippen LogP contribution is -2.18. The highest BCUT2D eigenvalue weighted by molar-refractivity contribution is 5.85. The second-order valence-electron chi connectivity index (χ2n) is 3.78. The number of carboxylic acid groups (broad SMARTS) is 1. The van der Waals surface area contributed by atoms with Crippen molar-refractivity contribution >= 4 is 17.5 Å². The number of benzene rings is 1. The van der Waals surface area contributed by atoms with E-state index in [0.29, 0.717) is 0 Å². The van der Waals surface area contributed by atoms with Crippen LogP contribution in [0.2, 0.25) is 0 Å². The summed E-state index contributed by atoms with van der Waals surface area (Å²) < 4.78 is 40.6. The molecule has 1 aromatic heterocycles. The molecule has 0 saturated heterocycles. The molecule has 2 aromatic rings. The van der Waals surface area contributed by atoms with E-state index in [1.807, 2.05) is 0 Å². The number of para-hydroxylation sites is 2. The van der Waals surface area contributed by atoms with Gasteiger partial charge in [0.05, 0.1) is 5.69 Å². The lowest BCUT2D eigenvalue weighted by Gasteiger charge is -2.13. The van der Waals surface area contributed by atoms with Crippen molar-refractivity contribution in [3.63, 3.8) is 0 Å². The van der Waals surface area contributed by atoms with Crippen molar-refractivity contribution < 1.29 is 27.8 Å². The van der Waals surface area contributed by atoms with Crippen LogP contribution in [-0.4, -0.2) is 27.6 Å². The van der Waals surface area contributed by atoms with Crippen LogP contribution in [0.3, 0.4) is 0 Å². The van der Waals surface area contributed by atoms with Crippen LogP contribution >= 0.6 is 0 Å². The van der Waals surface area contributed by atoms with Gasteiger partial charge in [0.2, 0.25) is 0 Å². The average molecular weight is 299 g/mol. The maximum absolute atomic E-state index is 12.3. The predicted molar refractivity (Wildman–Crippen MR) is 65.4 cm³/mol. The molecule has 0 saturated carbocycles. The van der Waals surface area contributed by atoms with Crippen LogP contribution in [0.25, 0.3) is 0 Å². The van der Waals surface area contributed by atoms with Crippen molar-refractivity contribution in [1.29, 1.82) is 0 Å². The number of nitrogens with zero attached hydrogens (tertiary/aromatic N) is 2.